The van der Waals surface area contributed by atoms with Crippen molar-refractivity contribution in [2.24, 2.45) is 5.73 Å². The molecule has 29 heavy (non-hydrogen) atoms. The van der Waals surface area contributed by atoms with Gasteiger partial charge in [-0.3, -0.25) is 0 Å². The lowest BCUT2D eigenvalue weighted by Gasteiger charge is -2.08. The first-order valence-corrected chi connectivity index (χ1v) is 9.18. The molecule has 0 aliphatic carbocycles. The van der Waals surface area contributed by atoms with E-state index in [9.17, 15) is 13.2 Å². The zero-order valence-electron chi connectivity index (χ0n) is 14.9. The van der Waals surface area contributed by atoms with E-state index in [1.807, 2.05) is 41.1 Å². The lowest BCUT2D eigenvalue weighted by atomic mass is 10.2. The second-order valence-electron chi connectivity index (χ2n) is 6.07. The molecule has 0 atom stereocenters. The van der Waals surface area contributed by atoms with Gasteiger partial charge in [-0.15, -0.1) is 23.7 Å². The summed E-state index contributed by atoms with van der Waals surface area (Å²) < 4.78 is 46.0. The van der Waals surface area contributed by atoms with Crippen LogP contribution < -0.4 is 10.5 Å². The van der Waals surface area contributed by atoms with Crippen molar-refractivity contribution in [3.05, 3.63) is 70.4 Å². The zero-order valence-corrected chi connectivity index (χ0v) is 16.5. The van der Waals surface area contributed by atoms with E-state index in [4.69, 9.17) is 10.5 Å². The Hall–Kier alpha value is -2.62. The molecule has 0 amide bonds. The molecular weight excluding hydrogens is 425 g/mol. The summed E-state index contributed by atoms with van der Waals surface area (Å²) in [5, 5.41) is -0.00291. The molecule has 0 unspecified atom stereocenters. The van der Waals surface area contributed by atoms with E-state index in [-0.39, 0.29) is 12.4 Å². The number of hydrogen-bond acceptors (Lipinski definition) is 5. The third-order valence-electron chi connectivity index (χ3n) is 4.15. The summed E-state index contributed by atoms with van der Waals surface area (Å²) in [5.74, 6) is 1.04. The molecule has 0 spiro atoms. The number of benzene rings is 1. The monoisotopic (exact) mass is 440 g/mol. The van der Waals surface area contributed by atoms with Crippen LogP contribution in [-0.4, -0.2) is 14.5 Å². The van der Waals surface area contributed by atoms with Crippen LogP contribution in [0.25, 0.3) is 10.9 Å². The number of nitrogens with two attached hydrogens (primary N) is 1. The third kappa shape index (κ3) is 4.52. The smallest absolute Gasteiger partial charge is 0.438 e. The van der Waals surface area contributed by atoms with Crippen LogP contribution in [-0.2, 0) is 19.3 Å². The Balaban J connectivity index is 0.00000240. The summed E-state index contributed by atoms with van der Waals surface area (Å²) in [4.78, 5) is 8.19. The largest absolute Gasteiger partial charge is 0.443 e. The van der Waals surface area contributed by atoms with Gasteiger partial charge in [0.1, 0.15) is 5.75 Å². The molecule has 2 N–H and O–H groups in total. The fraction of sp³-hybridized carbons (Fsp3) is 0.158. The van der Waals surface area contributed by atoms with Crippen LogP contribution in [0.1, 0.15) is 15.4 Å². The van der Waals surface area contributed by atoms with Crippen LogP contribution in [0, 0.1) is 0 Å². The first kappa shape index (κ1) is 21.1. The van der Waals surface area contributed by atoms with Gasteiger partial charge in [0.15, 0.2) is 5.01 Å². The Bertz CT molecular complexity index is 1130. The molecule has 3 aromatic heterocycles. The van der Waals surface area contributed by atoms with Crippen molar-refractivity contribution in [2.45, 2.75) is 19.3 Å². The van der Waals surface area contributed by atoms with E-state index in [0.29, 0.717) is 40.9 Å². The Labute approximate surface area is 174 Å². The number of rotatable bonds is 5. The molecule has 0 fully saturated rings. The van der Waals surface area contributed by atoms with Crippen LogP contribution in [0.2, 0.25) is 0 Å². The molecule has 0 aliphatic rings. The topological polar surface area (TPSA) is 66.0 Å². The predicted octanol–water partition coefficient (Wildman–Crippen LogP) is 5.23. The molecule has 0 radical (unpaired) electrons. The maximum atomic E-state index is 12.8. The Kier molecular flexibility index (Phi) is 6.11. The number of pyridine rings is 1. The van der Waals surface area contributed by atoms with Crippen molar-refractivity contribution in [3.63, 3.8) is 0 Å². The SMILES string of the molecule is Cl.NCc1ccnc(Oc2cccc3c2ccn3Cc2cnc(C(F)(F)F)s2)c1. The Morgan fingerprint density at radius 2 is 1.97 bits per heavy atom. The van der Waals surface area contributed by atoms with Gasteiger partial charge in [-0.25, -0.2) is 9.97 Å². The van der Waals surface area contributed by atoms with Crippen LogP contribution in [0.5, 0.6) is 11.6 Å². The molecule has 4 rings (SSSR count). The number of hydrogen-bond donors (Lipinski definition) is 1. The van der Waals surface area contributed by atoms with Gasteiger partial charge in [0.25, 0.3) is 0 Å². The summed E-state index contributed by atoms with van der Waals surface area (Å²) >= 11 is 0.647. The highest BCUT2D eigenvalue weighted by Gasteiger charge is 2.34. The fourth-order valence-corrected chi connectivity index (χ4v) is 3.63. The molecular formula is C19H16ClF3N4OS. The van der Waals surface area contributed by atoms with Crippen molar-refractivity contribution < 1.29 is 17.9 Å². The van der Waals surface area contributed by atoms with E-state index < -0.39 is 11.2 Å². The van der Waals surface area contributed by atoms with E-state index in [2.05, 4.69) is 9.97 Å². The summed E-state index contributed by atoms with van der Waals surface area (Å²) in [6, 6.07) is 11.0. The summed E-state index contributed by atoms with van der Waals surface area (Å²) in [6.07, 6.45) is 0.286. The lowest BCUT2D eigenvalue weighted by Crippen LogP contribution is -2.02. The van der Waals surface area contributed by atoms with Gasteiger partial charge in [-0.05, 0) is 29.8 Å². The van der Waals surface area contributed by atoms with Crippen molar-refractivity contribution >= 4 is 34.6 Å². The van der Waals surface area contributed by atoms with E-state index in [1.54, 1.807) is 12.3 Å². The van der Waals surface area contributed by atoms with E-state index >= 15 is 0 Å². The van der Waals surface area contributed by atoms with Crippen molar-refractivity contribution in [1.82, 2.24) is 14.5 Å². The highest BCUT2D eigenvalue weighted by molar-refractivity contribution is 7.11. The molecule has 152 valence electrons. The second-order valence-corrected chi connectivity index (χ2v) is 7.19. The van der Waals surface area contributed by atoms with Gasteiger partial charge in [0, 0.05) is 41.5 Å². The predicted molar refractivity (Wildman–Crippen MR) is 108 cm³/mol. The van der Waals surface area contributed by atoms with Crippen molar-refractivity contribution in [1.29, 1.82) is 0 Å². The average Bonchev–Trinajstić information content (AvgIpc) is 3.30. The zero-order chi connectivity index (χ0) is 19.7. The molecule has 10 heteroatoms. The molecule has 0 saturated carbocycles. The van der Waals surface area contributed by atoms with E-state index in [1.165, 1.54) is 6.20 Å². The van der Waals surface area contributed by atoms with Gasteiger partial charge in [0.2, 0.25) is 5.88 Å². The molecule has 0 saturated heterocycles. The number of alkyl halides is 3. The molecule has 1 aromatic carbocycles. The summed E-state index contributed by atoms with van der Waals surface area (Å²) in [6.45, 7) is 0.676. The first-order chi connectivity index (χ1) is 13.4. The number of ether oxygens (including phenoxy) is 1. The highest BCUT2D eigenvalue weighted by Crippen LogP contribution is 2.34. The van der Waals surface area contributed by atoms with Crippen LogP contribution in [0.15, 0.2) is 55.0 Å². The van der Waals surface area contributed by atoms with Gasteiger partial charge < -0.3 is 15.0 Å². The van der Waals surface area contributed by atoms with Crippen LogP contribution >= 0.6 is 23.7 Å². The first-order valence-electron chi connectivity index (χ1n) is 8.36. The standard InChI is InChI=1S/C19H15F3N4OS.ClH/c20-19(21,22)18-25-10-13(28-18)11-26-7-5-14-15(26)2-1-3-16(14)27-17-8-12(9-23)4-6-24-17;/h1-8,10H,9,11,23H2;1H. The summed E-state index contributed by atoms with van der Waals surface area (Å²) in [7, 11) is 0. The number of halogens is 4. The molecule has 0 aliphatic heterocycles. The highest BCUT2D eigenvalue weighted by atomic mass is 35.5. The molecule has 3 heterocycles. The Morgan fingerprint density at radius 3 is 2.69 bits per heavy atom. The average molecular weight is 441 g/mol. The van der Waals surface area contributed by atoms with Crippen molar-refractivity contribution in [3.8, 4) is 11.6 Å². The number of aromatic nitrogens is 3. The van der Waals surface area contributed by atoms with Crippen molar-refractivity contribution in [2.75, 3.05) is 0 Å². The maximum Gasteiger partial charge on any atom is 0.443 e. The Morgan fingerprint density at radius 1 is 1.14 bits per heavy atom. The number of thiazole rings is 1. The second kappa shape index (κ2) is 8.40. The van der Waals surface area contributed by atoms with Gasteiger partial charge in [-0.2, -0.15) is 13.2 Å². The maximum absolute atomic E-state index is 12.8. The minimum atomic E-state index is -4.42. The molecule has 4 aromatic rings. The summed E-state index contributed by atoms with van der Waals surface area (Å²) in [5.41, 5.74) is 7.39. The lowest BCUT2D eigenvalue weighted by molar-refractivity contribution is -0.137. The number of fused-ring (bicyclic) bond motifs is 1. The quantitative estimate of drug-likeness (QED) is 0.461. The normalized spacial score (nSPS) is 11.4. The van der Waals surface area contributed by atoms with Gasteiger partial charge in [-0.1, -0.05) is 6.07 Å². The van der Waals surface area contributed by atoms with E-state index in [0.717, 1.165) is 16.5 Å². The van der Waals surface area contributed by atoms with Gasteiger partial charge >= 0.3 is 6.18 Å². The fourth-order valence-electron chi connectivity index (χ4n) is 2.85. The van der Waals surface area contributed by atoms with Gasteiger partial charge in [0.05, 0.1) is 12.1 Å². The minimum absolute atomic E-state index is 0. The molecule has 0 bridgehead atoms. The number of nitrogens with zero attached hydrogens (tertiary/aromatic N) is 3. The minimum Gasteiger partial charge on any atom is -0.438 e. The van der Waals surface area contributed by atoms with Crippen LogP contribution in [0.3, 0.4) is 0 Å². The van der Waals surface area contributed by atoms with Crippen LogP contribution in [0.4, 0.5) is 13.2 Å². The third-order valence-corrected chi connectivity index (χ3v) is 5.17. The molecule has 5 nitrogen and oxygen atoms in total.